The number of hydrogen-bond donors (Lipinski definition) is 2. The number of hydrogen-bond acceptors (Lipinski definition) is 6. The Bertz CT molecular complexity index is 92.4. The molecule has 0 spiro atoms. The van der Waals surface area contributed by atoms with Gasteiger partial charge in [-0.15, -0.1) is 0 Å². The van der Waals surface area contributed by atoms with Crippen LogP contribution in [-0.4, -0.2) is 39.4 Å². The van der Waals surface area contributed by atoms with E-state index in [0.717, 1.165) is 0 Å². The molecule has 0 aliphatic carbocycles. The van der Waals surface area contributed by atoms with Gasteiger partial charge in [0.25, 0.3) is 0 Å². The average Bonchev–Trinajstić information content (AvgIpc) is 0.722. The molecule has 0 aromatic rings. The molecule has 64 valence electrons. The minimum Gasteiger partial charge on any atom is -0.870 e. The Balaban J connectivity index is -0.00000000800. The first kappa shape index (κ1) is 46.2. The molecular formula is H6O8SZr. The van der Waals surface area contributed by atoms with E-state index in [2.05, 4.69) is 0 Å². The summed E-state index contributed by atoms with van der Waals surface area (Å²) in [7, 11) is -4.67. The minimum atomic E-state index is -4.67. The Kier molecular flexibility index (Phi) is 75.3. The Morgan fingerprint density at radius 1 is 0.800 bits per heavy atom. The zero-order chi connectivity index (χ0) is 4.50. The first-order valence-electron chi connectivity index (χ1n) is 0.698. The topological polar surface area (TPSA) is 195 Å². The Morgan fingerprint density at radius 2 is 0.800 bits per heavy atom. The Hall–Kier alpha value is 0.593. The van der Waals surface area contributed by atoms with E-state index in [9.17, 15) is 0 Å². The molecule has 10 heteroatoms. The van der Waals surface area contributed by atoms with Gasteiger partial charge in [0.05, 0.1) is 0 Å². The summed E-state index contributed by atoms with van der Waals surface area (Å²) in [5, 5.41) is 0. The van der Waals surface area contributed by atoms with E-state index in [0.29, 0.717) is 0 Å². The summed E-state index contributed by atoms with van der Waals surface area (Å²) >= 11 is 0. The van der Waals surface area contributed by atoms with Crippen molar-refractivity contribution in [1.82, 2.24) is 0 Å². The fourth-order valence-electron chi connectivity index (χ4n) is 0. The van der Waals surface area contributed by atoms with Crippen molar-refractivity contribution in [2.75, 3.05) is 0 Å². The second kappa shape index (κ2) is 16.3. The van der Waals surface area contributed by atoms with Crippen LogP contribution in [0.4, 0.5) is 0 Å². The van der Waals surface area contributed by atoms with Crippen LogP contribution < -0.4 is 0 Å². The van der Waals surface area contributed by atoms with Gasteiger partial charge in [0.15, 0.2) is 0 Å². The van der Waals surface area contributed by atoms with Gasteiger partial charge in [-0.25, -0.2) is 0 Å². The van der Waals surface area contributed by atoms with E-state index in [4.69, 9.17) is 17.5 Å². The largest absolute Gasteiger partial charge is 4.00 e. The van der Waals surface area contributed by atoms with Crippen LogP contribution in [0, 0.1) is 0 Å². The normalized spacial score (nSPS) is 5.80. The molecule has 0 aliphatic heterocycles. The van der Waals surface area contributed by atoms with Crippen LogP contribution in [0.5, 0.6) is 0 Å². The van der Waals surface area contributed by atoms with Crippen molar-refractivity contribution in [1.29, 1.82) is 0 Å². The van der Waals surface area contributed by atoms with Gasteiger partial charge in [-0.3, -0.25) is 9.11 Å². The van der Waals surface area contributed by atoms with E-state index in [-0.39, 0.29) is 48.1 Å². The van der Waals surface area contributed by atoms with Crippen LogP contribution in [0.15, 0.2) is 0 Å². The maximum atomic E-state index is 8.74. The van der Waals surface area contributed by atoms with Crippen molar-refractivity contribution in [2.45, 2.75) is 0 Å². The van der Waals surface area contributed by atoms with Crippen molar-refractivity contribution in [3.63, 3.8) is 0 Å². The van der Waals surface area contributed by atoms with E-state index < -0.39 is 10.4 Å². The van der Waals surface area contributed by atoms with Crippen LogP contribution in [0.1, 0.15) is 0 Å². The van der Waals surface area contributed by atoms with E-state index in [1.54, 1.807) is 0 Å². The molecule has 0 unspecified atom stereocenters. The molecule has 0 saturated heterocycles. The number of rotatable bonds is 0. The third kappa shape index (κ3) is 1410. The summed E-state index contributed by atoms with van der Waals surface area (Å²) in [6, 6.07) is 0. The second-order valence-electron chi connectivity index (χ2n) is 0.448. The quantitative estimate of drug-likeness (QED) is 0.496. The van der Waals surface area contributed by atoms with Gasteiger partial charge >= 0.3 is 36.6 Å². The first-order chi connectivity index (χ1) is 2.00. The zero-order valence-electron chi connectivity index (χ0n) is 4.41. The molecule has 0 atom stereocenters. The Morgan fingerprint density at radius 3 is 0.800 bits per heavy atom. The van der Waals surface area contributed by atoms with Crippen LogP contribution in [0.2, 0.25) is 0 Å². The fraction of sp³-hybridized carbons (Fsp3) is 0. The van der Waals surface area contributed by atoms with Crippen molar-refractivity contribution in [3.05, 3.63) is 0 Å². The van der Waals surface area contributed by atoms with Gasteiger partial charge in [-0.1, -0.05) is 0 Å². The van der Waals surface area contributed by atoms with Crippen LogP contribution in [0.3, 0.4) is 0 Å². The summed E-state index contributed by atoms with van der Waals surface area (Å²) in [5.74, 6) is 0. The Labute approximate surface area is 76.2 Å². The van der Waals surface area contributed by atoms with Crippen molar-refractivity contribution < 1.29 is 65.6 Å². The summed E-state index contributed by atoms with van der Waals surface area (Å²) < 4.78 is 31.6. The van der Waals surface area contributed by atoms with Crippen LogP contribution >= 0.6 is 0 Å². The summed E-state index contributed by atoms with van der Waals surface area (Å²) in [6.45, 7) is 0. The minimum absolute atomic E-state index is 0. The maximum Gasteiger partial charge on any atom is 4.00 e. The van der Waals surface area contributed by atoms with Gasteiger partial charge in [0.2, 0.25) is 0 Å². The molecule has 0 saturated carbocycles. The maximum absolute atomic E-state index is 8.74. The monoisotopic (exact) mass is 256 g/mol. The van der Waals surface area contributed by atoms with Crippen LogP contribution in [0.25, 0.3) is 0 Å². The van der Waals surface area contributed by atoms with E-state index >= 15 is 0 Å². The zero-order valence-corrected chi connectivity index (χ0v) is 7.68. The van der Waals surface area contributed by atoms with Gasteiger partial charge < -0.3 is 21.9 Å². The molecule has 0 aromatic carbocycles. The molecule has 8 nitrogen and oxygen atoms in total. The van der Waals surface area contributed by atoms with Crippen LogP contribution in [-0.2, 0) is 36.6 Å². The van der Waals surface area contributed by atoms with E-state index in [1.165, 1.54) is 0 Å². The smallest absolute Gasteiger partial charge is 0.870 e. The third-order valence-corrected chi connectivity index (χ3v) is 0. The molecule has 0 aliphatic rings. The predicted octanol–water partition coefficient (Wildman–Crippen LogP) is -1.36. The fourth-order valence-corrected chi connectivity index (χ4v) is 0. The SMILES string of the molecule is O=S(=O)(O)O.[OH-].[OH-].[OH-].[OH-].[Zr+4]. The first-order valence-corrected chi connectivity index (χ1v) is 2.10. The summed E-state index contributed by atoms with van der Waals surface area (Å²) in [6.07, 6.45) is 0. The molecule has 0 radical (unpaired) electrons. The molecule has 0 amide bonds. The molecule has 0 rings (SSSR count). The predicted molar refractivity (Wildman–Crippen MR) is 21.9 cm³/mol. The van der Waals surface area contributed by atoms with Crippen molar-refractivity contribution in [3.8, 4) is 0 Å². The molecule has 0 heterocycles. The molecule has 0 fully saturated rings. The van der Waals surface area contributed by atoms with Crippen molar-refractivity contribution >= 4 is 10.4 Å². The van der Waals surface area contributed by atoms with E-state index in [1.807, 2.05) is 0 Å². The standard InChI is InChI=1S/H2O4S.4H2O.Zr/c1-5(2,3)4;;;;;/h(H2,1,2,3,4);4*1H2;/q;;;;;+4/p-4. The average molecular weight is 257 g/mol. The van der Waals surface area contributed by atoms with Gasteiger partial charge in [0, 0.05) is 0 Å². The molecule has 0 aromatic heterocycles. The molecule has 6 N–H and O–H groups in total. The molecular weight excluding hydrogens is 251 g/mol. The molecule has 0 bridgehead atoms. The molecule has 10 heavy (non-hydrogen) atoms. The van der Waals surface area contributed by atoms with Gasteiger partial charge in [-0.2, -0.15) is 8.42 Å². The third-order valence-electron chi connectivity index (χ3n) is 0. The van der Waals surface area contributed by atoms with Gasteiger partial charge in [-0.05, 0) is 0 Å². The second-order valence-corrected chi connectivity index (χ2v) is 1.34. The summed E-state index contributed by atoms with van der Waals surface area (Å²) in [4.78, 5) is 0. The van der Waals surface area contributed by atoms with Crippen molar-refractivity contribution in [2.24, 2.45) is 0 Å². The van der Waals surface area contributed by atoms with Gasteiger partial charge in [0.1, 0.15) is 0 Å². The summed E-state index contributed by atoms with van der Waals surface area (Å²) in [5.41, 5.74) is 0.